The lowest BCUT2D eigenvalue weighted by atomic mass is 10.1. The molecule has 5 nitrogen and oxygen atoms in total. The highest BCUT2D eigenvalue weighted by atomic mass is 79.9. The zero-order valence-electron chi connectivity index (χ0n) is 15.8. The summed E-state index contributed by atoms with van der Waals surface area (Å²) < 4.78 is 17.4. The summed E-state index contributed by atoms with van der Waals surface area (Å²) in [6.45, 7) is 2.39. The van der Waals surface area contributed by atoms with E-state index in [0.717, 1.165) is 10.0 Å². The van der Waals surface area contributed by atoms with E-state index >= 15 is 0 Å². The molecule has 0 aromatic heterocycles. The summed E-state index contributed by atoms with van der Waals surface area (Å²) in [5, 5.41) is 0.406. The highest BCUT2D eigenvalue weighted by Crippen LogP contribution is 2.41. The molecule has 0 atom stereocenters. The Kier molecular flexibility index (Phi) is 7.10. The fourth-order valence-electron chi connectivity index (χ4n) is 2.77. The van der Waals surface area contributed by atoms with Gasteiger partial charge in [0.2, 0.25) is 0 Å². The van der Waals surface area contributed by atoms with Crippen LogP contribution >= 0.6 is 51.5 Å². The Balaban J connectivity index is 1.95. The maximum Gasteiger partial charge on any atom is 0.270 e. The number of carbonyl (C=O) groups is 1. The molecule has 1 saturated heterocycles. The van der Waals surface area contributed by atoms with E-state index in [1.807, 2.05) is 19.1 Å². The van der Waals surface area contributed by atoms with E-state index < -0.39 is 0 Å². The van der Waals surface area contributed by atoms with Gasteiger partial charge >= 0.3 is 0 Å². The van der Waals surface area contributed by atoms with Crippen molar-refractivity contribution in [2.24, 2.45) is 0 Å². The van der Waals surface area contributed by atoms with Crippen LogP contribution in [0.4, 0.5) is 5.69 Å². The molecule has 1 aliphatic rings. The first-order valence-electron chi connectivity index (χ1n) is 8.51. The monoisotopic (exact) mass is 513 g/mol. The molecule has 1 aliphatic heterocycles. The third-order valence-electron chi connectivity index (χ3n) is 4.02. The molecule has 0 bridgehead atoms. The molecule has 152 valence electrons. The van der Waals surface area contributed by atoms with Crippen molar-refractivity contribution in [3.63, 3.8) is 0 Å². The molecule has 3 rings (SSSR count). The van der Waals surface area contributed by atoms with Gasteiger partial charge < -0.3 is 14.2 Å². The smallest absolute Gasteiger partial charge is 0.270 e. The number of hydrogen-bond acceptors (Lipinski definition) is 6. The van der Waals surface area contributed by atoms with Crippen molar-refractivity contribution < 1.29 is 19.0 Å². The molecule has 9 heteroatoms. The van der Waals surface area contributed by atoms with Crippen LogP contribution in [0.25, 0.3) is 6.08 Å². The van der Waals surface area contributed by atoms with Crippen molar-refractivity contribution >= 4 is 73.5 Å². The van der Waals surface area contributed by atoms with E-state index in [1.165, 1.54) is 23.8 Å². The highest BCUT2D eigenvalue weighted by Gasteiger charge is 2.33. The summed E-state index contributed by atoms with van der Waals surface area (Å²) >= 11 is 16.3. The number of hydrogen-bond donors (Lipinski definition) is 0. The number of halogens is 2. The number of amides is 1. The van der Waals surface area contributed by atoms with Crippen molar-refractivity contribution in [3.05, 3.63) is 50.3 Å². The fourth-order valence-corrected chi connectivity index (χ4v) is 4.94. The van der Waals surface area contributed by atoms with Gasteiger partial charge in [-0.05, 0) is 64.8 Å². The first-order chi connectivity index (χ1) is 13.9. The van der Waals surface area contributed by atoms with Gasteiger partial charge in [0, 0.05) is 0 Å². The fraction of sp³-hybridized carbons (Fsp3) is 0.200. The van der Waals surface area contributed by atoms with Crippen molar-refractivity contribution in [2.45, 2.75) is 6.92 Å². The molecule has 0 saturated carbocycles. The second kappa shape index (κ2) is 9.38. The average Bonchev–Trinajstić information content (AvgIpc) is 2.95. The van der Waals surface area contributed by atoms with Crippen LogP contribution in [0, 0.1) is 0 Å². The Labute approximate surface area is 192 Å². The molecule has 1 fully saturated rings. The zero-order chi connectivity index (χ0) is 21.1. The minimum atomic E-state index is -0.217. The quantitative estimate of drug-likeness (QED) is 0.352. The number of nitrogens with zero attached hydrogens (tertiary/aromatic N) is 1. The first kappa shape index (κ1) is 22.0. The summed E-state index contributed by atoms with van der Waals surface area (Å²) in [7, 11) is 3.11. The summed E-state index contributed by atoms with van der Waals surface area (Å²) in [6.07, 6.45) is 1.77. The van der Waals surface area contributed by atoms with Gasteiger partial charge in [0.15, 0.2) is 15.8 Å². The number of carbonyl (C=O) groups excluding carboxylic acids is 1. The number of thioether (sulfide) groups is 1. The van der Waals surface area contributed by atoms with Crippen LogP contribution in [-0.4, -0.2) is 31.1 Å². The van der Waals surface area contributed by atoms with Gasteiger partial charge in [-0.1, -0.05) is 35.6 Å². The summed E-state index contributed by atoms with van der Waals surface area (Å²) in [6, 6.07) is 8.79. The van der Waals surface area contributed by atoms with E-state index in [9.17, 15) is 4.79 Å². The second-order valence-electron chi connectivity index (χ2n) is 5.80. The second-order valence-corrected chi connectivity index (χ2v) is 8.74. The Morgan fingerprint density at radius 3 is 2.59 bits per heavy atom. The number of thiocarbonyl (C=S) groups is 1. The van der Waals surface area contributed by atoms with Crippen LogP contribution in [0.2, 0.25) is 5.02 Å². The number of anilines is 1. The van der Waals surface area contributed by atoms with E-state index in [1.54, 1.807) is 31.4 Å². The molecule has 0 spiro atoms. The van der Waals surface area contributed by atoms with Gasteiger partial charge in [-0.3, -0.25) is 9.69 Å². The lowest BCUT2D eigenvalue weighted by molar-refractivity contribution is -0.113. The molecule has 1 heterocycles. The third kappa shape index (κ3) is 4.55. The Bertz CT molecular complexity index is 1010. The molecule has 2 aromatic rings. The molecule has 0 aliphatic carbocycles. The van der Waals surface area contributed by atoms with Crippen LogP contribution in [0.1, 0.15) is 12.5 Å². The molecule has 0 unspecified atom stereocenters. The van der Waals surface area contributed by atoms with Gasteiger partial charge in [0.25, 0.3) is 5.91 Å². The first-order valence-corrected chi connectivity index (χ1v) is 10.9. The van der Waals surface area contributed by atoms with Crippen molar-refractivity contribution in [1.29, 1.82) is 0 Å². The van der Waals surface area contributed by atoms with Crippen LogP contribution in [0.15, 0.2) is 39.7 Å². The normalized spacial score (nSPS) is 15.2. The number of ether oxygens (including phenoxy) is 3. The number of benzene rings is 2. The third-order valence-corrected chi connectivity index (χ3v) is 6.21. The van der Waals surface area contributed by atoms with E-state index in [-0.39, 0.29) is 5.91 Å². The Morgan fingerprint density at radius 2 is 1.97 bits per heavy atom. The largest absolute Gasteiger partial charge is 0.495 e. The van der Waals surface area contributed by atoms with Gasteiger partial charge in [-0.25, -0.2) is 0 Å². The predicted molar refractivity (Wildman–Crippen MR) is 126 cm³/mol. The highest BCUT2D eigenvalue weighted by molar-refractivity contribution is 9.10. The van der Waals surface area contributed by atoms with Crippen LogP contribution in [0.3, 0.4) is 0 Å². The summed E-state index contributed by atoms with van der Waals surface area (Å²) in [4.78, 5) is 15.0. The van der Waals surface area contributed by atoms with Gasteiger partial charge in [-0.2, -0.15) is 0 Å². The van der Waals surface area contributed by atoms with Gasteiger partial charge in [0.05, 0.1) is 40.9 Å². The van der Waals surface area contributed by atoms with Crippen LogP contribution < -0.4 is 19.1 Å². The van der Waals surface area contributed by atoms with E-state index in [2.05, 4.69) is 15.9 Å². The van der Waals surface area contributed by atoms with Crippen LogP contribution in [-0.2, 0) is 4.79 Å². The maximum absolute atomic E-state index is 13.0. The Hall–Kier alpha value is -1.74. The lowest BCUT2D eigenvalue weighted by Gasteiger charge is -2.15. The molecule has 29 heavy (non-hydrogen) atoms. The van der Waals surface area contributed by atoms with Gasteiger partial charge in [-0.15, -0.1) is 0 Å². The van der Waals surface area contributed by atoms with Crippen molar-refractivity contribution in [3.8, 4) is 17.2 Å². The minimum Gasteiger partial charge on any atom is -0.495 e. The molecular formula is C20H17BrClNO4S2. The van der Waals surface area contributed by atoms with Crippen molar-refractivity contribution in [2.75, 3.05) is 25.7 Å². The molecular weight excluding hydrogens is 498 g/mol. The molecule has 0 N–H and O–H groups in total. The predicted octanol–water partition coefficient (Wildman–Crippen LogP) is 5.92. The number of methoxy groups -OCH3 is 2. The summed E-state index contributed by atoms with van der Waals surface area (Å²) in [5.41, 5.74) is 1.38. The average molecular weight is 515 g/mol. The zero-order valence-corrected chi connectivity index (χ0v) is 19.8. The minimum absolute atomic E-state index is 0.217. The van der Waals surface area contributed by atoms with Gasteiger partial charge in [0.1, 0.15) is 5.75 Å². The standard InChI is InChI=1S/C20H17BrClNO4S2/c1-4-27-16-8-11(7-13(21)18(16)26-3)9-17-19(24)23(20(28)29-17)12-5-6-15(25-2)14(22)10-12/h5-10H,4H2,1-3H3/b17-9+. The SMILES string of the molecule is CCOc1cc(/C=C2/SC(=S)N(c3ccc(OC)c(Cl)c3)C2=O)cc(Br)c1OC. The molecule has 2 aromatic carbocycles. The number of rotatable bonds is 6. The van der Waals surface area contributed by atoms with Crippen LogP contribution in [0.5, 0.6) is 17.2 Å². The van der Waals surface area contributed by atoms with E-state index in [4.69, 9.17) is 38.0 Å². The lowest BCUT2D eigenvalue weighted by Crippen LogP contribution is -2.27. The molecule has 1 amide bonds. The van der Waals surface area contributed by atoms with Crippen molar-refractivity contribution in [1.82, 2.24) is 0 Å². The Morgan fingerprint density at radius 1 is 1.21 bits per heavy atom. The molecule has 0 radical (unpaired) electrons. The topological polar surface area (TPSA) is 48.0 Å². The summed E-state index contributed by atoms with van der Waals surface area (Å²) in [5.74, 6) is 1.51. The van der Waals surface area contributed by atoms with E-state index in [0.29, 0.717) is 43.8 Å². The maximum atomic E-state index is 13.0.